The minimum atomic E-state index is 0.112. The second-order valence-electron chi connectivity index (χ2n) is 4.25. The third-order valence-corrected chi connectivity index (χ3v) is 3.52. The first-order valence-corrected chi connectivity index (χ1v) is 6.49. The van der Waals surface area contributed by atoms with E-state index in [1.807, 2.05) is 18.5 Å². The number of pyridine rings is 1. The Kier molecular flexibility index (Phi) is 4.17. The van der Waals surface area contributed by atoms with Gasteiger partial charge in [0, 0.05) is 28.6 Å². The van der Waals surface area contributed by atoms with Gasteiger partial charge in [-0.25, -0.2) is 4.57 Å². The van der Waals surface area contributed by atoms with Crippen LogP contribution >= 0.6 is 23.2 Å². The summed E-state index contributed by atoms with van der Waals surface area (Å²) in [7, 11) is 1.89. The lowest BCUT2D eigenvalue weighted by Crippen LogP contribution is -2.31. The van der Waals surface area contributed by atoms with Crippen molar-refractivity contribution in [3.8, 4) is 11.5 Å². The van der Waals surface area contributed by atoms with Gasteiger partial charge in [0.15, 0.2) is 11.9 Å². The van der Waals surface area contributed by atoms with Crippen LogP contribution in [0.25, 0.3) is 0 Å². The summed E-state index contributed by atoms with van der Waals surface area (Å²) in [6.45, 7) is 2.15. The van der Waals surface area contributed by atoms with Crippen molar-refractivity contribution in [3.05, 3.63) is 51.8 Å². The molecule has 0 atom stereocenters. The summed E-state index contributed by atoms with van der Waals surface area (Å²) in [6, 6.07) is 6.81. The molecule has 3 nitrogen and oxygen atoms in total. The Morgan fingerprint density at radius 1 is 1.26 bits per heavy atom. The van der Waals surface area contributed by atoms with Crippen molar-refractivity contribution >= 4 is 23.2 Å². The predicted molar refractivity (Wildman–Crippen MR) is 74.8 cm³/mol. The molecule has 0 aliphatic heterocycles. The van der Waals surface area contributed by atoms with Crippen LogP contribution in [-0.2, 0) is 13.7 Å². The lowest BCUT2D eigenvalue weighted by molar-refractivity contribution is -0.678. The fourth-order valence-corrected chi connectivity index (χ4v) is 2.15. The van der Waals surface area contributed by atoms with Crippen LogP contribution in [0.5, 0.6) is 11.5 Å². The lowest BCUT2D eigenvalue weighted by Gasteiger charge is -2.10. The van der Waals surface area contributed by atoms with Crippen molar-refractivity contribution in [3.63, 3.8) is 0 Å². The number of halogens is 2. The maximum Gasteiger partial charge on any atom is 0.229 e. The summed E-state index contributed by atoms with van der Waals surface area (Å²) in [5.74, 6) is 0.566. The zero-order valence-corrected chi connectivity index (χ0v) is 12.2. The molecule has 1 heterocycles. The van der Waals surface area contributed by atoms with Gasteiger partial charge in [-0.15, -0.1) is 0 Å². The van der Waals surface area contributed by atoms with Gasteiger partial charge in [-0.3, -0.25) is 0 Å². The molecule has 0 aliphatic rings. The lowest BCUT2D eigenvalue weighted by atomic mass is 10.2. The number of rotatable bonds is 3. The zero-order chi connectivity index (χ0) is 14.0. The first-order valence-electron chi connectivity index (χ1n) is 5.74. The zero-order valence-electron chi connectivity index (χ0n) is 10.7. The molecule has 0 radical (unpaired) electrons. The predicted octanol–water partition coefficient (Wildman–Crippen LogP) is 3.41. The molecule has 0 amide bonds. The van der Waals surface area contributed by atoms with Crippen LogP contribution < -0.4 is 9.30 Å². The van der Waals surface area contributed by atoms with Crippen LogP contribution in [0, 0.1) is 6.92 Å². The molecule has 19 heavy (non-hydrogen) atoms. The van der Waals surface area contributed by atoms with E-state index in [4.69, 9.17) is 27.9 Å². The topological polar surface area (TPSA) is 33.3 Å². The highest BCUT2D eigenvalue weighted by Gasteiger charge is 2.15. The maximum absolute atomic E-state index is 9.81. The van der Waals surface area contributed by atoms with E-state index in [1.165, 1.54) is 0 Å². The number of aryl methyl sites for hydroxylation is 1. The molecular formula is C14H14Cl2NO2+. The summed E-state index contributed by atoms with van der Waals surface area (Å²) in [5.41, 5.74) is 1.65. The second kappa shape index (κ2) is 5.68. The Labute approximate surface area is 122 Å². The van der Waals surface area contributed by atoms with Crippen molar-refractivity contribution in [1.29, 1.82) is 0 Å². The number of aromatic hydroxyl groups is 1. The quantitative estimate of drug-likeness (QED) is 0.881. The van der Waals surface area contributed by atoms with E-state index in [0.717, 1.165) is 11.3 Å². The number of aromatic nitrogens is 1. The van der Waals surface area contributed by atoms with Crippen LogP contribution in [0.3, 0.4) is 0 Å². The monoisotopic (exact) mass is 298 g/mol. The molecule has 5 heteroatoms. The first-order chi connectivity index (χ1) is 8.99. The standard InChI is InChI=1S/C14H13Cl2NO2/c1-9-14(13(18)5-6-17(9)2)19-8-10-3-4-11(15)7-12(10)16/h3-7H,8H2,1-2H3/p+1. The Balaban J connectivity index is 2.21. The largest absolute Gasteiger partial charge is 0.504 e. The molecule has 100 valence electrons. The van der Waals surface area contributed by atoms with E-state index >= 15 is 0 Å². The van der Waals surface area contributed by atoms with Crippen molar-refractivity contribution < 1.29 is 14.4 Å². The number of benzene rings is 1. The van der Waals surface area contributed by atoms with Gasteiger partial charge in [0.25, 0.3) is 0 Å². The molecule has 1 aromatic heterocycles. The average molecular weight is 299 g/mol. The highest BCUT2D eigenvalue weighted by molar-refractivity contribution is 6.35. The molecule has 1 N–H and O–H groups in total. The van der Waals surface area contributed by atoms with Gasteiger partial charge in [0.2, 0.25) is 11.4 Å². The Bertz CT molecular complexity index is 615. The fraction of sp³-hybridized carbons (Fsp3) is 0.214. The highest BCUT2D eigenvalue weighted by atomic mass is 35.5. The van der Waals surface area contributed by atoms with Crippen LogP contribution in [0.1, 0.15) is 11.3 Å². The van der Waals surface area contributed by atoms with Crippen molar-refractivity contribution in [1.82, 2.24) is 0 Å². The van der Waals surface area contributed by atoms with Crippen LogP contribution in [0.15, 0.2) is 30.5 Å². The van der Waals surface area contributed by atoms with Gasteiger partial charge in [0.05, 0.1) is 0 Å². The number of hydrogen-bond donors (Lipinski definition) is 1. The molecule has 2 rings (SSSR count). The van der Waals surface area contributed by atoms with E-state index < -0.39 is 0 Å². The van der Waals surface area contributed by atoms with Crippen molar-refractivity contribution in [2.45, 2.75) is 13.5 Å². The average Bonchev–Trinajstić information content (AvgIpc) is 2.36. The van der Waals surface area contributed by atoms with Crippen molar-refractivity contribution in [2.75, 3.05) is 0 Å². The van der Waals surface area contributed by atoms with E-state index in [9.17, 15) is 5.11 Å². The molecular weight excluding hydrogens is 285 g/mol. The van der Waals surface area contributed by atoms with Crippen molar-refractivity contribution in [2.24, 2.45) is 7.05 Å². The van der Waals surface area contributed by atoms with Gasteiger partial charge in [-0.2, -0.15) is 0 Å². The summed E-state index contributed by atoms with van der Waals surface area (Å²) in [5, 5.41) is 10.9. The normalized spacial score (nSPS) is 10.5. The smallest absolute Gasteiger partial charge is 0.229 e. The Morgan fingerprint density at radius 2 is 2.00 bits per heavy atom. The van der Waals surface area contributed by atoms with E-state index in [0.29, 0.717) is 15.8 Å². The van der Waals surface area contributed by atoms with E-state index in [-0.39, 0.29) is 12.4 Å². The number of hydrogen-bond acceptors (Lipinski definition) is 2. The second-order valence-corrected chi connectivity index (χ2v) is 5.09. The molecule has 0 fully saturated rings. The SMILES string of the molecule is Cc1c(OCc2ccc(Cl)cc2Cl)c(O)cc[n+]1C. The minimum absolute atomic E-state index is 0.112. The van der Waals surface area contributed by atoms with Gasteiger partial charge in [0.1, 0.15) is 13.7 Å². The molecule has 1 aromatic carbocycles. The van der Waals surface area contributed by atoms with E-state index in [1.54, 1.807) is 30.5 Å². The Morgan fingerprint density at radius 3 is 2.68 bits per heavy atom. The number of nitrogens with zero attached hydrogens (tertiary/aromatic N) is 1. The van der Waals surface area contributed by atoms with Gasteiger partial charge in [-0.05, 0) is 12.1 Å². The number of ether oxygens (including phenoxy) is 1. The van der Waals surface area contributed by atoms with Gasteiger partial charge in [-0.1, -0.05) is 29.3 Å². The van der Waals surface area contributed by atoms with Crippen LogP contribution in [-0.4, -0.2) is 5.11 Å². The third kappa shape index (κ3) is 3.11. The van der Waals surface area contributed by atoms with Crippen LogP contribution in [0.4, 0.5) is 0 Å². The molecule has 0 unspecified atom stereocenters. The molecule has 0 aliphatic carbocycles. The van der Waals surface area contributed by atoms with Crippen LogP contribution in [0.2, 0.25) is 10.0 Å². The fourth-order valence-electron chi connectivity index (χ4n) is 1.68. The van der Waals surface area contributed by atoms with Gasteiger partial charge >= 0.3 is 0 Å². The third-order valence-electron chi connectivity index (χ3n) is 2.93. The first kappa shape index (κ1) is 14.0. The molecule has 0 spiro atoms. The molecule has 2 aromatic rings. The summed E-state index contributed by atoms with van der Waals surface area (Å²) in [4.78, 5) is 0. The molecule has 0 saturated heterocycles. The van der Waals surface area contributed by atoms with Gasteiger partial charge < -0.3 is 9.84 Å². The maximum atomic E-state index is 9.81. The van der Waals surface area contributed by atoms with E-state index in [2.05, 4.69) is 0 Å². The summed E-state index contributed by atoms with van der Waals surface area (Å²) in [6.07, 6.45) is 1.77. The molecule has 0 bridgehead atoms. The Hall–Kier alpha value is -1.45. The summed E-state index contributed by atoms with van der Waals surface area (Å²) >= 11 is 11.9. The molecule has 0 saturated carbocycles. The summed E-state index contributed by atoms with van der Waals surface area (Å²) < 4.78 is 7.53. The highest BCUT2D eigenvalue weighted by Crippen LogP contribution is 2.29. The minimum Gasteiger partial charge on any atom is -0.504 e.